The largest absolute Gasteiger partial charge is 0.463 e. The van der Waals surface area contributed by atoms with Crippen molar-refractivity contribution in [1.82, 2.24) is 5.43 Å². The van der Waals surface area contributed by atoms with Crippen LogP contribution in [-0.4, -0.2) is 11.3 Å². The van der Waals surface area contributed by atoms with E-state index in [4.69, 9.17) is 16.6 Å². The number of rotatable bonds is 3. The van der Waals surface area contributed by atoms with Gasteiger partial charge in [-0.3, -0.25) is 5.43 Å². The zero-order valence-corrected chi connectivity index (χ0v) is 9.78. The number of nitrogens with zero attached hydrogens (tertiary/aromatic N) is 1. The quantitative estimate of drug-likeness (QED) is 0.496. The van der Waals surface area contributed by atoms with Crippen LogP contribution in [0.4, 0.5) is 5.69 Å². The number of hydrazone groups is 1. The van der Waals surface area contributed by atoms with Crippen LogP contribution in [0, 0.1) is 0 Å². The lowest BCUT2D eigenvalue weighted by atomic mass is 10.3. The fourth-order valence-electron chi connectivity index (χ4n) is 1.20. The third kappa shape index (κ3) is 3.73. The minimum Gasteiger partial charge on any atom is -0.463 e. The molecule has 86 valence electrons. The Kier molecular flexibility index (Phi) is 3.88. The molecule has 1 heterocycles. The number of hydrogen-bond donors (Lipinski definition) is 2. The predicted molar refractivity (Wildman–Crippen MR) is 72.1 cm³/mol. The van der Waals surface area contributed by atoms with E-state index in [0.717, 1.165) is 5.69 Å². The Morgan fingerprint density at radius 1 is 1.18 bits per heavy atom. The fourth-order valence-corrected chi connectivity index (χ4v) is 1.37. The van der Waals surface area contributed by atoms with Gasteiger partial charge in [0.15, 0.2) is 5.11 Å². The maximum atomic E-state index is 5.08. The van der Waals surface area contributed by atoms with E-state index < -0.39 is 0 Å². The second-order valence-corrected chi connectivity index (χ2v) is 3.61. The molecule has 0 spiro atoms. The lowest BCUT2D eigenvalue weighted by Gasteiger charge is -2.05. The summed E-state index contributed by atoms with van der Waals surface area (Å²) in [4.78, 5) is 0. The number of nitrogens with one attached hydrogen (secondary N) is 2. The molecule has 1 aromatic carbocycles. The van der Waals surface area contributed by atoms with E-state index in [9.17, 15) is 0 Å². The highest BCUT2D eigenvalue weighted by Crippen LogP contribution is 2.04. The van der Waals surface area contributed by atoms with Gasteiger partial charge in [0.25, 0.3) is 0 Å². The van der Waals surface area contributed by atoms with Crippen molar-refractivity contribution in [3.63, 3.8) is 0 Å². The van der Waals surface area contributed by atoms with Crippen molar-refractivity contribution in [2.24, 2.45) is 5.10 Å². The highest BCUT2D eigenvalue weighted by atomic mass is 32.1. The van der Waals surface area contributed by atoms with Gasteiger partial charge in [-0.15, -0.1) is 0 Å². The molecule has 17 heavy (non-hydrogen) atoms. The number of thiocarbonyl (C=S) groups is 1. The number of para-hydroxylation sites is 1. The molecule has 0 saturated carbocycles. The second-order valence-electron chi connectivity index (χ2n) is 3.21. The van der Waals surface area contributed by atoms with Gasteiger partial charge in [0.1, 0.15) is 5.76 Å². The molecular formula is C12H11N3OS. The van der Waals surface area contributed by atoms with Crippen molar-refractivity contribution in [2.75, 3.05) is 5.32 Å². The minimum absolute atomic E-state index is 0.430. The van der Waals surface area contributed by atoms with Crippen LogP contribution in [0.15, 0.2) is 58.2 Å². The van der Waals surface area contributed by atoms with Crippen molar-refractivity contribution in [3.05, 3.63) is 54.5 Å². The molecule has 0 aliphatic heterocycles. The summed E-state index contributed by atoms with van der Waals surface area (Å²) in [6.07, 6.45) is 3.14. The van der Waals surface area contributed by atoms with Crippen molar-refractivity contribution >= 4 is 29.2 Å². The summed E-state index contributed by atoms with van der Waals surface area (Å²) < 4.78 is 5.08. The molecule has 0 amide bonds. The van der Waals surface area contributed by atoms with Gasteiger partial charge in [-0.1, -0.05) is 18.2 Å². The van der Waals surface area contributed by atoms with Gasteiger partial charge in [-0.2, -0.15) is 5.10 Å². The van der Waals surface area contributed by atoms with Gasteiger partial charge in [0, 0.05) is 5.69 Å². The standard InChI is InChI=1S/C12H11N3OS/c17-12(14-10-5-2-1-3-6-10)15-13-9-11-7-4-8-16-11/h1-9H,(H2,14,15,17). The van der Waals surface area contributed by atoms with Gasteiger partial charge in [-0.25, -0.2) is 0 Å². The van der Waals surface area contributed by atoms with Gasteiger partial charge < -0.3 is 9.73 Å². The van der Waals surface area contributed by atoms with Gasteiger partial charge >= 0.3 is 0 Å². The summed E-state index contributed by atoms with van der Waals surface area (Å²) in [6.45, 7) is 0. The van der Waals surface area contributed by atoms with Crippen LogP contribution in [0.25, 0.3) is 0 Å². The Bertz CT molecular complexity index is 494. The SMILES string of the molecule is S=C(NN=Cc1ccco1)Nc1ccccc1. The maximum Gasteiger partial charge on any atom is 0.191 e. The van der Waals surface area contributed by atoms with E-state index >= 15 is 0 Å². The highest BCUT2D eigenvalue weighted by Gasteiger charge is 1.94. The number of furan rings is 1. The molecule has 0 unspecified atom stereocenters. The average Bonchev–Trinajstić information content (AvgIpc) is 2.83. The van der Waals surface area contributed by atoms with Gasteiger partial charge in [0.2, 0.25) is 0 Å². The van der Waals surface area contributed by atoms with Gasteiger partial charge in [0.05, 0.1) is 12.5 Å². The van der Waals surface area contributed by atoms with E-state index in [-0.39, 0.29) is 0 Å². The minimum atomic E-state index is 0.430. The third-order valence-electron chi connectivity index (χ3n) is 1.93. The lowest BCUT2D eigenvalue weighted by Crippen LogP contribution is -2.23. The highest BCUT2D eigenvalue weighted by molar-refractivity contribution is 7.80. The number of hydrogen-bond acceptors (Lipinski definition) is 3. The first kappa shape index (κ1) is 11.3. The Labute approximate surface area is 104 Å². The van der Waals surface area contributed by atoms with E-state index in [1.807, 2.05) is 30.3 Å². The molecule has 2 aromatic rings. The molecule has 0 fully saturated rings. The maximum absolute atomic E-state index is 5.08. The first-order valence-electron chi connectivity index (χ1n) is 5.03. The summed E-state index contributed by atoms with van der Waals surface area (Å²) >= 11 is 5.06. The summed E-state index contributed by atoms with van der Waals surface area (Å²) in [7, 11) is 0. The Morgan fingerprint density at radius 3 is 2.71 bits per heavy atom. The Morgan fingerprint density at radius 2 is 2.00 bits per heavy atom. The molecule has 0 saturated heterocycles. The molecule has 1 aromatic heterocycles. The van der Waals surface area contributed by atoms with Crippen LogP contribution in [-0.2, 0) is 0 Å². The predicted octanol–water partition coefficient (Wildman–Crippen LogP) is 2.60. The van der Waals surface area contributed by atoms with E-state index in [0.29, 0.717) is 10.9 Å². The van der Waals surface area contributed by atoms with Crippen molar-refractivity contribution < 1.29 is 4.42 Å². The molecule has 5 heteroatoms. The summed E-state index contributed by atoms with van der Waals surface area (Å²) in [5.74, 6) is 0.667. The topological polar surface area (TPSA) is 49.6 Å². The molecule has 0 radical (unpaired) electrons. The van der Waals surface area contributed by atoms with Crippen LogP contribution >= 0.6 is 12.2 Å². The monoisotopic (exact) mass is 245 g/mol. The van der Waals surface area contributed by atoms with Crippen LogP contribution in [0.2, 0.25) is 0 Å². The summed E-state index contributed by atoms with van der Waals surface area (Å²) in [5, 5.41) is 7.37. The second kappa shape index (κ2) is 5.81. The first-order valence-corrected chi connectivity index (χ1v) is 5.44. The molecule has 0 aliphatic rings. The number of anilines is 1. The van der Waals surface area contributed by atoms with Crippen LogP contribution in [0.5, 0.6) is 0 Å². The average molecular weight is 245 g/mol. The molecule has 2 rings (SSSR count). The first-order chi connectivity index (χ1) is 8.34. The zero-order chi connectivity index (χ0) is 11.9. The van der Waals surface area contributed by atoms with Crippen LogP contribution in [0.3, 0.4) is 0 Å². The normalized spacial score (nSPS) is 10.4. The lowest BCUT2D eigenvalue weighted by molar-refractivity contribution is 0.560. The van der Waals surface area contributed by atoms with Crippen molar-refractivity contribution in [2.45, 2.75) is 0 Å². The smallest absolute Gasteiger partial charge is 0.191 e. The fraction of sp³-hybridized carbons (Fsp3) is 0. The molecule has 0 atom stereocenters. The van der Waals surface area contributed by atoms with E-state index in [2.05, 4.69) is 15.8 Å². The molecule has 0 bridgehead atoms. The summed E-state index contributed by atoms with van der Waals surface area (Å²) in [5.41, 5.74) is 3.61. The van der Waals surface area contributed by atoms with E-state index in [1.54, 1.807) is 24.6 Å². The van der Waals surface area contributed by atoms with Crippen molar-refractivity contribution in [3.8, 4) is 0 Å². The van der Waals surface area contributed by atoms with Gasteiger partial charge in [-0.05, 0) is 36.5 Å². The molecule has 0 aliphatic carbocycles. The molecule has 4 nitrogen and oxygen atoms in total. The zero-order valence-electron chi connectivity index (χ0n) is 8.96. The van der Waals surface area contributed by atoms with E-state index in [1.165, 1.54) is 0 Å². The van der Waals surface area contributed by atoms with Crippen LogP contribution in [0.1, 0.15) is 5.76 Å². The molecule has 2 N–H and O–H groups in total. The Balaban J connectivity index is 1.82. The Hall–Kier alpha value is -2.14. The van der Waals surface area contributed by atoms with Crippen molar-refractivity contribution in [1.29, 1.82) is 0 Å². The molecular weight excluding hydrogens is 234 g/mol. The number of benzene rings is 1. The third-order valence-corrected chi connectivity index (χ3v) is 2.13. The summed E-state index contributed by atoms with van der Waals surface area (Å²) in [6, 6.07) is 13.2. The van der Waals surface area contributed by atoms with Crippen LogP contribution < -0.4 is 10.7 Å².